The Bertz CT molecular complexity index is 442. The summed E-state index contributed by atoms with van der Waals surface area (Å²) in [7, 11) is 2.08. The predicted molar refractivity (Wildman–Crippen MR) is 75.7 cm³/mol. The van der Waals surface area contributed by atoms with Crippen molar-refractivity contribution in [3.8, 4) is 0 Å². The van der Waals surface area contributed by atoms with Crippen LogP contribution in [0.3, 0.4) is 0 Å². The molecule has 0 spiro atoms. The highest BCUT2D eigenvalue weighted by Crippen LogP contribution is 2.28. The van der Waals surface area contributed by atoms with E-state index in [1.54, 1.807) is 0 Å². The molecule has 1 aromatic rings. The van der Waals surface area contributed by atoms with Gasteiger partial charge in [-0.1, -0.05) is 11.3 Å². The van der Waals surface area contributed by atoms with Crippen LogP contribution >= 0.6 is 11.3 Å². The first-order valence-electron chi connectivity index (χ1n) is 6.20. The molecular formula is C11H19N5O2S. The van der Waals surface area contributed by atoms with Crippen LogP contribution in [0.5, 0.6) is 0 Å². The Kier molecular flexibility index (Phi) is 4.56. The van der Waals surface area contributed by atoms with Gasteiger partial charge < -0.3 is 26.0 Å². The zero-order valence-corrected chi connectivity index (χ0v) is 11.7. The number of piperazine rings is 1. The number of amides is 1. The summed E-state index contributed by atoms with van der Waals surface area (Å²) in [6.45, 7) is 3.87. The van der Waals surface area contributed by atoms with Gasteiger partial charge in [0.05, 0.1) is 6.61 Å². The van der Waals surface area contributed by atoms with E-state index in [4.69, 9.17) is 10.8 Å². The molecular weight excluding hydrogens is 266 g/mol. The fourth-order valence-electron chi connectivity index (χ4n) is 1.87. The number of carbonyl (C=O) groups is 1. The van der Waals surface area contributed by atoms with Crippen molar-refractivity contribution >= 4 is 28.2 Å². The van der Waals surface area contributed by atoms with Crippen molar-refractivity contribution in [1.29, 1.82) is 0 Å². The Hall–Kier alpha value is -1.38. The third kappa shape index (κ3) is 3.34. The van der Waals surface area contributed by atoms with Gasteiger partial charge in [0, 0.05) is 32.7 Å². The van der Waals surface area contributed by atoms with Crippen LogP contribution in [-0.2, 0) is 0 Å². The van der Waals surface area contributed by atoms with Gasteiger partial charge in [-0.3, -0.25) is 4.79 Å². The van der Waals surface area contributed by atoms with Crippen LogP contribution < -0.4 is 16.0 Å². The summed E-state index contributed by atoms with van der Waals surface area (Å²) in [5.74, 6) is -0.0150. The van der Waals surface area contributed by atoms with Crippen molar-refractivity contribution in [2.75, 3.05) is 57.0 Å². The second-order valence-corrected chi connectivity index (χ2v) is 5.46. The number of hydrogen-bond donors (Lipinski definition) is 3. The van der Waals surface area contributed by atoms with Crippen molar-refractivity contribution < 1.29 is 9.90 Å². The maximum absolute atomic E-state index is 11.8. The number of nitrogens with one attached hydrogen (secondary N) is 1. The molecule has 106 valence electrons. The quantitative estimate of drug-likeness (QED) is 0.670. The lowest BCUT2D eigenvalue weighted by Crippen LogP contribution is -2.44. The lowest BCUT2D eigenvalue weighted by Gasteiger charge is -2.31. The molecule has 7 nitrogen and oxygen atoms in total. The van der Waals surface area contributed by atoms with Crippen LogP contribution in [0, 0.1) is 0 Å². The number of likely N-dealkylation sites (N-methyl/N-ethyl adjacent to an activating group) is 1. The molecule has 0 unspecified atom stereocenters. The number of nitrogens with two attached hydrogens (primary N) is 1. The topological polar surface area (TPSA) is 94.7 Å². The molecule has 0 atom stereocenters. The molecule has 1 aliphatic rings. The number of thiazole rings is 1. The minimum Gasteiger partial charge on any atom is -0.395 e. The normalized spacial score (nSPS) is 16.6. The van der Waals surface area contributed by atoms with Gasteiger partial charge in [-0.2, -0.15) is 0 Å². The van der Waals surface area contributed by atoms with E-state index in [9.17, 15) is 4.79 Å². The average molecular weight is 285 g/mol. The molecule has 0 aliphatic carbocycles. The summed E-state index contributed by atoms with van der Waals surface area (Å²) in [5, 5.41) is 12.1. The summed E-state index contributed by atoms with van der Waals surface area (Å²) in [5.41, 5.74) is 5.79. The molecule has 0 bridgehead atoms. The summed E-state index contributed by atoms with van der Waals surface area (Å²) in [4.78, 5) is 20.9. The Balaban J connectivity index is 2.05. The molecule has 1 saturated heterocycles. The smallest absolute Gasteiger partial charge is 0.265 e. The third-order valence-electron chi connectivity index (χ3n) is 3.02. The van der Waals surface area contributed by atoms with E-state index in [2.05, 4.69) is 27.1 Å². The molecule has 1 fully saturated rings. The lowest BCUT2D eigenvalue weighted by molar-refractivity contribution is 0.0949. The van der Waals surface area contributed by atoms with Crippen LogP contribution in [0.1, 0.15) is 9.67 Å². The van der Waals surface area contributed by atoms with E-state index < -0.39 is 0 Å². The van der Waals surface area contributed by atoms with E-state index in [1.165, 1.54) is 11.3 Å². The monoisotopic (exact) mass is 285 g/mol. The second kappa shape index (κ2) is 6.18. The zero-order valence-electron chi connectivity index (χ0n) is 10.9. The first-order valence-corrected chi connectivity index (χ1v) is 7.02. The third-order valence-corrected chi connectivity index (χ3v) is 4.15. The second-order valence-electron chi connectivity index (χ2n) is 4.48. The minimum absolute atomic E-state index is 0.0875. The number of carbonyl (C=O) groups excluding carboxylic acids is 1. The van der Waals surface area contributed by atoms with Crippen molar-refractivity contribution in [2.45, 2.75) is 0 Å². The summed E-state index contributed by atoms with van der Waals surface area (Å²) in [6, 6.07) is 0. The highest BCUT2D eigenvalue weighted by atomic mass is 32.1. The zero-order chi connectivity index (χ0) is 13.8. The number of hydrogen-bond acceptors (Lipinski definition) is 7. The van der Waals surface area contributed by atoms with E-state index >= 15 is 0 Å². The standard InChI is InChI=1S/C11H19N5O2S/c1-15-3-5-16(6-4-15)11-14-9(12)8(19-11)10(18)13-2-7-17/h17H,2-7,12H2,1H3,(H,13,18). The fraction of sp³-hybridized carbons (Fsp3) is 0.636. The number of aliphatic hydroxyl groups excluding tert-OH is 1. The molecule has 1 aliphatic heterocycles. The van der Waals surface area contributed by atoms with Crippen LogP contribution in [0.15, 0.2) is 0 Å². The van der Waals surface area contributed by atoms with Gasteiger partial charge in [0.1, 0.15) is 10.7 Å². The van der Waals surface area contributed by atoms with Gasteiger partial charge in [0.25, 0.3) is 5.91 Å². The van der Waals surface area contributed by atoms with E-state index in [0.29, 0.717) is 4.88 Å². The van der Waals surface area contributed by atoms with Crippen molar-refractivity contribution in [1.82, 2.24) is 15.2 Å². The number of aromatic nitrogens is 1. The maximum atomic E-state index is 11.8. The molecule has 0 saturated carbocycles. The van der Waals surface area contributed by atoms with Crippen LogP contribution in [0.4, 0.5) is 10.9 Å². The summed E-state index contributed by atoms with van der Waals surface area (Å²) in [6.07, 6.45) is 0. The lowest BCUT2D eigenvalue weighted by atomic mass is 10.3. The Morgan fingerprint density at radius 1 is 1.47 bits per heavy atom. The molecule has 4 N–H and O–H groups in total. The van der Waals surface area contributed by atoms with Crippen LogP contribution in [-0.4, -0.2) is 67.3 Å². The molecule has 19 heavy (non-hydrogen) atoms. The first-order chi connectivity index (χ1) is 9.11. The molecule has 8 heteroatoms. The van der Waals surface area contributed by atoms with Gasteiger partial charge in [0.15, 0.2) is 5.13 Å². The molecule has 1 aromatic heterocycles. The van der Waals surface area contributed by atoms with Gasteiger partial charge in [-0.15, -0.1) is 0 Å². The molecule has 2 rings (SSSR count). The first kappa shape index (κ1) is 14.0. The van der Waals surface area contributed by atoms with Crippen LogP contribution in [0.2, 0.25) is 0 Å². The minimum atomic E-state index is -0.274. The van der Waals surface area contributed by atoms with Crippen LogP contribution in [0.25, 0.3) is 0 Å². The van der Waals surface area contributed by atoms with Gasteiger partial charge in [0.2, 0.25) is 0 Å². The highest BCUT2D eigenvalue weighted by molar-refractivity contribution is 7.18. The summed E-state index contributed by atoms with van der Waals surface area (Å²) < 4.78 is 0. The van der Waals surface area contributed by atoms with Crippen molar-refractivity contribution in [3.05, 3.63) is 4.88 Å². The Morgan fingerprint density at radius 3 is 2.79 bits per heavy atom. The molecule has 2 heterocycles. The van der Waals surface area contributed by atoms with Gasteiger partial charge in [-0.05, 0) is 7.05 Å². The summed E-state index contributed by atoms with van der Waals surface area (Å²) >= 11 is 1.30. The van der Waals surface area contributed by atoms with Gasteiger partial charge >= 0.3 is 0 Å². The fourth-order valence-corrected chi connectivity index (χ4v) is 2.82. The number of aliphatic hydroxyl groups is 1. The van der Waals surface area contributed by atoms with E-state index in [1.807, 2.05) is 0 Å². The number of rotatable bonds is 4. The molecule has 0 aromatic carbocycles. The maximum Gasteiger partial charge on any atom is 0.265 e. The highest BCUT2D eigenvalue weighted by Gasteiger charge is 2.21. The number of anilines is 2. The largest absolute Gasteiger partial charge is 0.395 e. The number of nitrogen functional groups attached to an aromatic ring is 1. The SMILES string of the molecule is CN1CCN(c2nc(N)c(C(=O)NCCO)s2)CC1. The Morgan fingerprint density at radius 2 is 2.16 bits per heavy atom. The van der Waals surface area contributed by atoms with Gasteiger partial charge in [-0.25, -0.2) is 4.98 Å². The Labute approximate surface area is 116 Å². The van der Waals surface area contributed by atoms with Crippen molar-refractivity contribution in [2.24, 2.45) is 0 Å². The molecule has 1 amide bonds. The number of nitrogens with zero attached hydrogens (tertiary/aromatic N) is 3. The molecule has 0 radical (unpaired) electrons. The van der Waals surface area contributed by atoms with E-state index in [0.717, 1.165) is 31.3 Å². The average Bonchev–Trinajstić information content (AvgIpc) is 2.79. The van der Waals surface area contributed by atoms with E-state index in [-0.39, 0.29) is 24.9 Å². The predicted octanol–water partition coefficient (Wildman–Crippen LogP) is -0.801. The van der Waals surface area contributed by atoms with Crippen molar-refractivity contribution in [3.63, 3.8) is 0 Å².